The lowest BCUT2D eigenvalue weighted by molar-refractivity contribution is -0.141. The first-order chi connectivity index (χ1) is 36.4. The van der Waals surface area contributed by atoms with Gasteiger partial charge in [-0.2, -0.15) is 0 Å². The summed E-state index contributed by atoms with van der Waals surface area (Å²) in [5.74, 6) is 1.50. The second-order valence-corrected chi connectivity index (χ2v) is 27.1. The van der Waals surface area contributed by atoms with Gasteiger partial charge in [-0.3, -0.25) is 24.5 Å². The molecule has 11 heterocycles. The van der Waals surface area contributed by atoms with Gasteiger partial charge in [0.15, 0.2) is 0 Å². The van der Waals surface area contributed by atoms with Crippen LogP contribution in [0.15, 0.2) is 0 Å². The average Bonchev–Trinajstić information content (AvgIpc) is 4.14. The molecule has 0 bridgehead atoms. The monoisotopic (exact) mass is 1070 g/mol. The second-order valence-electron chi connectivity index (χ2n) is 27.1. The number of piperidine rings is 1. The summed E-state index contributed by atoms with van der Waals surface area (Å²) in [7, 11) is 0. The smallest absolute Gasteiger partial charge is 0.106 e. The van der Waals surface area contributed by atoms with Crippen LogP contribution in [-0.2, 0) is 28.4 Å². The number of nitrogens with one attached hydrogen (secondary N) is 2. The maximum atomic E-state index is 6.09. The first kappa shape index (κ1) is 63.0. The molecule has 12 fully saturated rings. The zero-order valence-corrected chi connectivity index (χ0v) is 50.8. The zero-order chi connectivity index (χ0) is 54.6. The lowest BCUT2D eigenvalue weighted by atomic mass is 9.70. The summed E-state index contributed by atoms with van der Waals surface area (Å²) in [6.07, 6.45) is 12.0. The highest BCUT2D eigenvalue weighted by Crippen LogP contribution is 2.42. The van der Waals surface area contributed by atoms with E-state index in [9.17, 15) is 0 Å². The van der Waals surface area contributed by atoms with Crippen LogP contribution in [0, 0.1) is 22.7 Å². The molecule has 1 aliphatic carbocycles. The number of fused-ring (bicyclic) bond motifs is 4. The Morgan fingerprint density at radius 3 is 1.88 bits per heavy atom. The summed E-state index contributed by atoms with van der Waals surface area (Å²) < 4.78 is 34.0. The number of hydrogen-bond donors (Lipinski definition) is 4. The van der Waals surface area contributed by atoms with Crippen LogP contribution in [0.5, 0.6) is 0 Å². The first-order valence-corrected chi connectivity index (χ1v) is 31.4. The van der Waals surface area contributed by atoms with Gasteiger partial charge in [0, 0.05) is 183 Å². The molecule has 0 radical (unpaired) electrons. The quantitative estimate of drug-likeness (QED) is 0.276. The standard InChI is InChI=1S/2C11H21NO.2C10H20N2O.2C9H18N2O/c1-9(2)12-6-5-11-10(8-12)4-3-7-13-11;1-9(2)12-7-8-13-11-6-4-3-5-10(11)12;1-8(2)12-3-9-4-13-7-10(9,5-11)6-12;1-8(2)12-6-10(7-12)3-4-13-5-9(10)11;1-8(2)11-3-4-12-9(7-11)5-10-6-9;1-7(2)11-5-8-9(6-11)12-4-3-10-8/h2*9-11H,3-8H2,1-2H3;2*8-9H,3-7,11H2,1-2H3;8,10H,3-7H2,1-2H3;7-10H,3-6H2,1-2H3. The van der Waals surface area contributed by atoms with Crippen molar-refractivity contribution in [3.63, 3.8) is 0 Å². The Hall–Kier alpha value is -0.640. The van der Waals surface area contributed by atoms with E-state index in [4.69, 9.17) is 39.9 Å². The van der Waals surface area contributed by atoms with Gasteiger partial charge in [0.2, 0.25) is 0 Å². The maximum absolute atomic E-state index is 6.09. The van der Waals surface area contributed by atoms with Crippen molar-refractivity contribution in [3.05, 3.63) is 0 Å². The van der Waals surface area contributed by atoms with Crippen molar-refractivity contribution in [2.75, 3.05) is 151 Å². The third-order valence-electron chi connectivity index (χ3n) is 20.0. The predicted octanol–water partition coefficient (Wildman–Crippen LogP) is 4.82. The Morgan fingerprint density at radius 1 is 0.553 bits per heavy atom. The van der Waals surface area contributed by atoms with Gasteiger partial charge in [0.1, 0.15) is 5.60 Å². The largest absolute Gasteiger partial charge is 0.380 e. The Bertz CT molecular complexity index is 1630. The van der Waals surface area contributed by atoms with Crippen molar-refractivity contribution < 1.29 is 28.4 Å². The average molecular weight is 1080 g/mol. The molecule has 11 saturated heterocycles. The van der Waals surface area contributed by atoms with Gasteiger partial charge in [-0.05, 0) is 128 Å². The number of likely N-dealkylation sites (tertiary alicyclic amines) is 4. The van der Waals surface area contributed by atoms with Crippen LogP contribution in [0.25, 0.3) is 0 Å². The summed E-state index contributed by atoms with van der Waals surface area (Å²) in [4.78, 5) is 15.2. The number of rotatable bonds is 7. The molecule has 76 heavy (non-hydrogen) atoms. The molecule has 0 aromatic rings. The molecule has 6 N–H and O–H groups in total. The van der Waals surface area contributed by atoms with Gasteiger partial charge < -0.3 is 55.4 Å². The Balaban J connectivity index is 0.000000133. The summed E-state index contributed by atoms with van der Waals surface area (Å²) >= 11 is 0. The molecule has 1 saturated carbocycles. The summed E-state index contributed by atoms with van der Waals surface area (Å²) in [5, 5.41) is 6.78. The fourth-order valence-corrected chi connectivity index (χ4v) is 14.3. The van der Waals surface area contributed by atoms with Gasteiger partial charge >= 0.3 is 0 Å². The molecule has 0 amide bonds. The molecule has 0 aromatic heterocycles. The van der Waals surface area contributed by atoms with Crippen LogP contribution in [0.3, 0.4) is 0 Å². The van der Waals surface area contributed by atoms with E-state index in [-0.39, 0.29) is 17.1 Å². The minimum atomic E-state index is 0.169. The van der Waals surface area contributed by atoms with Gasteiger partial charge in [-0.15, -0.1) is 0 Å². The molecule has 444 valence electrons. The first-order valence-electron chi connectivity index (χ1n) is 31.4. The third-order valence-corrected chi connectivity index (χ3v) is 20.0. The van der Waals surface area contributed by atoms with Gasteiger partial charge in [-0.25, -0.2) is 0 Å². The van der Waals surface area contributed by atoms with Crippen molar-refractivity contribution in [1.82, 2.24) is 40.0 Å². The molecule has 16 nitrogen and oxygen atoms in total. The van der Waals surface area contributed by atoms with Gasteiger partial charge in [0.25, 0.3) is 0 Å². The van der Waals surface area contributed by atoms with Crippen LogP contribution in [0.1, 0.15) is 134 Å². The van der Waals surface area contributed by atoms with E-state index in [1.165, 1.54) is 77.7 Å². The number of nitrogens with zero attached hydrogens (tertiary/aromatic N) is 6. The van der Waals surface area contributed by atoms with E-state index < -0.39 is 0 Å². The van der Waals surface area contributed by atoms with Crippen LogP contribution in [0.2, 0.25) is 0 Å². The lowest BCUT2D eigenvalue weighted by Gasteiger charge is -2.56. The van der Waals surface area contributed by atoms with Crippen LogP contribution < -0.4 is 22.1 Å². The number of ether oxygens (including phenoxy) is 6. The summed E-state index contributed by atoms with van der Waals surface area (Å²) in [6.45, 7) is 51.0. The molecule has 9 unspecified atom stereocenters. The Kier molecular flexibility index (Phi) is 24.5. The number of morpholine rings is 3. The minimum absolute atomic E-state index is 0.169. The molecule has 12 rings (SSSR count). The summed E-state index contributed by atoms with van der Waals surface area (Å²) in [6, 6.07) is 5.60. The topological polar surface area (TPSA) is 151 Å². The molecular weight excluding hydrogens is 957 g/mol. The van der Waals surface area contributed by atoms with Crippen LogP contribution in [0.4, 0.5) is 0 Å². The fraction of sp³-hybridized carbons (Fsp3) is 1.00. The second kappa shape index (κ2) is 29.6. The highest BCUT2D eigenvalue weighted by molar-refractivity contribution is 5.04. The van der Waals surface area contributed by atoms with E-state index in [1.54, 1.807) is 0 Å². The lowest BCUT2D eigenvalue weighted by Crippen LogP contribution is -2.69. The van der Waals surface area contributed by atoms with E-state index in [0.717, 1.165) is 137 Å². The van der Waals surface area contributed by atoms with Crippen LogP contribution >= 0.6 is 0 Å². The molecule has 9 atom stereocenters. The molecule has 16 heteroatoms. The van der Waals surface area contributed by atoms with Crippen molar-refractivity contribution in [2.45, 2.75) is 213 Å². The van der Waals surface area contributed by atoms with Crippen LogP contribution in [-0.4, -0.2) is 259 Å². The SMILES string of the molecule is CC(C)N1CC2(CCOCC2N)C1.CC(C)N1CC2COCC2(CN)C1.CC(C)N1CC2NCCOC2C1.CC(C)N1CCC2OCCCC2C1.CC(C)N1CCOC2(CNC2)C1.CC(C)N1CCOC2CCCCC21. The highest BCUT2D eigenvalue weighted by atomic mass is 16.5. The van der Waals surface area contributed by atoms with Crippen molar-refractivity contribution in [3.8, 4) is 0 Å². The Morgan fingerprint density at radius 2 is 1.25 bits per heavy atom. The fourth-order valence-electron chi connectivity index (χ4n) is 14.3. The Labute approximate surface area is 464 Å². The van der Waals surface area contributed by atoms with E-state index in [1.807, 2.05) is 0 Å². The molecule has 12 aliphatic rings. The van der Waals surface area contributed by atoms with Gasteiger partial charge in [-0.1, -0.05) is 12.8 Å². The van der Waals surface area contributed by atoms with E-state index in [0.29, 0.717) is 71.9 Å². The molecule has 2 spiro atoms. The van der Waals surface area contributed by atoms with Crippen molar-refractivity contribution in [1.29, 1.82) is 0 Å². The van der Waals surface area contributed by atoms with Crippen molar-refractivity contribution in [2.24, 2.45) is 34.1 Å². The normalized spacial score (nSPS) is 35.5. The van der Waals surface area contributed by atoms with E-state index in [2.05, 4.69) is 123 Å². The predicted molar refractivity (Wildman–Crippen MR) is 309 cm³/mol. The minimum Gasteiger partial charge on any atom is -0.380 e. The van der Waals surface area contributed by atoms with Gasteiger partial charge in [0.05, 0.1) is 58.0 Å². The number of nitrogens with two attached hydrogens (primary N) is 2. The third kappa shape index (κ3) is 16.5. The maximum Gasteiger partial charge on any atom is 0.106 e. The molecule has 0 aromatic carbocycles. The summed E-state index contributed by atoms with van der Waals surface area (Å²) in [5.41, 5.74) is 12.8. The number of hydrogen-bond acceptors (Lipinski definition) is 16. The highest BCUT2D eigenvalue weighted by Gasteiger charge is 2.51. The molecule has 11 aliphatic heterocycles. The van der Waals surface area contributed by atoms with E-state index >= 15 is 0 Å². The molecular formula is C60H118N10O6. The zero-order valence-electron chi connectivity index (χ0n) is 50.8. The van der Waals surface area contributed by atoms with Crippen molar-refractivity contribution >= 4 is 0 Å².